The van der Waals surface area contributed by atoms with Crippen LogP contribution in [0.15, 0.2) is 23.5 Å². The Bertz CT molecular complexity index is 453. The largest absolute Gasteiger partial charge is 0.497 e. The zero-order valence-electron chi connectivity index (χ0n) is 11.6. The van der Waals surface area contributed by atoms with Crippen molar-refractivity contribution in [2.75, 3.05) is 27.6 Å². The van der Waals surface area contributed by atoms with Crippen LogP contribution in [0.1, 0.15) is 12.8 Å². The Morgan fingerprint density at radius 1 is 1.50 bits per heavy atom. The molecule has 0 aromatic heterocycles. The predicted molar refractivity (Wildman–Crippen MR) is 68.6 cm³/mol. The van der Waals surface area contributed by atoms with Crippen LogP contribution >= 0.6 is 0 Å². The summed E-state index contributed by atoms with van der Waals surface area (Å²) in [4.78, 5) is 22.9. The van der Waals surface area contributed by atoms with E-state index in [2.05, 4.69) is 0 Å². The molecule has 2 atom stereocenters. The van der Waals surface area contributed by atoms with Gasteiger partial charge in [0.1, 0.15) is 18.8 Å². The van der Waals surface area contributed by atoms with E-state index in [9.17, 15) is 9.59 Å². The molecule has 0 bridgehead atoms. The zero-order valence-corrected chi connectivity index (χ0v) is 11.6. The van der Waals surface area contributed by atoms with Crippen LogP contribution in [-0.4, -0.2) is 45.5 Å². The molecule has 0 unspecified atom stereocenters. The molecule has 1 spiro atoms. The Labute approximate surface area is 117 Å². The number of methoxy groups -OCH3 is 2. The molecular weight excluding hydrogens is 264 g/mol. The second-order valence-electron chi connectivity index (χ2n) is 4.80. The molecule has 2 aliphatic rings. The molecule has 1 aliphatic carbocycles. The zero-order chi connectivity index (χ0) is 14.6. The molecule has 1 heterocycles. The van der Waals surface area contributed by atoms with E-state index in [1.54, 1.807) is 7.11 Å². The fourth-order valence-electron chi connectivity index (χ4n) is 2.66. The monoisotopic (exact) mass is 282 g/mol. The van der Waals surface area contributed by atoms with E-state index in [1.807, 2.05) is 6.08 Å². The van der Waals surface area contributed by atoms with Crippen molar-refractivity contribution in [3.05, 3.63) is 23.5 Å². The van der Waals surface area contributed by atoms with Crippen LogP contribution in [-0.2, 0) is 28.5 Å². The van der Waals surface area contributed by atoms with Crippen molar-refractivity contribution >= 4 is 12.3 Å². The van der Waals surface area contributed by atoms with Crippen LogP contribution in [0.2, 0.25) is 0 Å². The molecule has 110 valence electrons. The van der Waals surface area contributed by atoms with Gasteiger partial charge in [-0.15, -0.1) is 0 Å². The van der Waals surface area contributed by atoms with Crippen molar-refractivity contribution < 1.29 is 28.5 Å². The van der Waals surface area contributed by atoms with Gasteiger partial charge in [0, 0.05) is 13.5 Å². The van der Waals surface area contributed by atoms with Gasteiger partial charge in [0.2, 0.25) is 0 Å². The minimum absolute atomic E-state index is 0.189. The summed E-state index contributed by atoms with van der Waals surface area (Å²) in [5, 5.41) is 0. The molecule has 0 saturated carbocycles. The molecule has 0 amide bonds. The number of carbonyl (C=O) groups excluding carboxylic acids is 2. The van der Waals surface area contributed by atoms with Crippen molar-refractivity contribution in [2.24, 2.45) is 5.92 Å². The van der Waals surface area contributed by atoms with Gasteiger partial charge in [-0.05, 0) is 12.0 Å². The van der Waals surface area contributed by atoms with Gasteiger partial charge < -0.3 is 23.7 Å². The number of carbonyl (C=O) groups is 2. The fourth-order valence-corrected chi connectivity index (χ4v) is 2.66. The Kier molecular flexibility index (Phi) is 4.57. The first-order valence-electron chi connectivity index (χ1n) is 6.35. The van der Waals surface area contributed by atoms with Crippen molar-refractivity contribution in [1.82, 2.24) is 0 Å². The quantitative estimate of drug-likeness (QED) is 0.238. The third-order valence-corrected chi connectivity index (χ3v) is 3.57. The highest BCUT2D eigenvalue weighted by molar-refractivity contribution is 5.87. The summed E-state index contributed by atoms with van der Waals surface area (Å²) < 4.78 is 20.8. The summed E-state index contributed by atoms with van der Waals surface area (Å²) >= 11 is 0. The van der Waals surface area contributed by atoms with Crippen LogP contribution in [0.3, 0.4) is 0 Å². The standard InChI is InChI=1S/C14H18O6/c1-17-9-19-8-10-3-4-11(7-15)14(6-10)12(18-2)5-13(16)20-14/h3,5,7,11H,4,6,8-9H2,1-2H3/t11-,14-/m0/s1. The minimum atomic E-state index is -1.02. The maximum absolute atomic E-state index is 11.5. The lowest BCUT2D eigenvalue weighted by atomic mass is 9.75. The van der Waals surface area contributed by atoms with Gasteiger partial charge in [-0.3, -0.25) is 0 Å². The van der Waals surface area contributed by atoms with E-state index in [0.29, 0.717) is 25.2 Å². The van der Waals surface area contributed by atoms with Gasteiger partial charge in [-0.2, -0.15) is 0 Å². The molecule has 0 N–H and O–H groups in total. The molecule has 0 fully saturated rings. The van der Waals surface area contributed by atoms with E-state index in [0.717, 1.165) is 11.9 Å². The Morgan fingerprint density at radius 2 is 2.30 bits per heavy atom. The third kappa shape index (κ3) is 2.62. The molecule has 0 aromatic carbocycles. The van der Waals surface area contributed by atoms with Gasteiger partial charge >= 0.3 is 5.97 Å². The normalized spacial score (nSPS) is 28.9. The molecule has 0 radical (unpaired) electrons. The summed E-state index contributed by atoms with van der Waals surface area (Å²) in [6.45, 7) is 0.559. The van der Waals surface area contributed by atoms with Crippen LogP contribution < -0.4 is 0 Å². The number of hydrogen-bond donors (Lipinski definition) is 0. The molecule has 6 nitrogen and oxygen atoms in total. The molecular formula is C14H18O6. The van der Waals surface area contributed by atoms with E-state index < -0.39 is 17.5 Å². The van der Waals surface area contributed by atoms with Gasteiger partial charge in [-0.25, -0.2) is 4.79 Å². The highest BCUT2D eigenvalue weighted by Crippen LogP contribution is 2.44. The second kappa shape index (κ2) is 6.19. The fraction of sp³-hybridized carbons (Fsp3) is 0.571. The summed E-state index contributed by atoms with van der Waals surface area (Å²) in [7, 11) is 3.01. The first-order chi connectivity index (χ1) is 9.66. The first-order valence-corrected chi connectivity index (χ1v) is 6.35. The minimum Gasteiger partial charge on any atom is -0.497 e. The van der Waals surface area contributed by atoms with Crippen molar-refractivity contribution in [2.45, 2.75) is 18.4 Å². The molecule has 0 aromatic rings. The summed E-state index contributed by atoms with van der Waals surface area (Å²) in [5.41, 5.74) is -0.0634. The molecule has 1 aliphatic heterocycles. The number of esters is 1. The van der Waals surface area contributed by atoms with Crippen molar-refractivity contribution in [1.29, 1.82) is 0 Å². The number of hydrogen-bond acceptors (Lipinski definition) is 6. The van der Waals surface area contributed by atoms with Gasteiger partial charge in [0.25, 0.3) is 0 Å². The number of aldehydes is 1. The molecule has 20 heavy (non-hydrogen) atoms. The highest BCUT2D eigenvalue weighted by Gasteiger charge is 2.52. The third-order valence-electron chi connectivity index (χ3n) is 3.57. The number of rotatable bonds is 6. The van der Waals surface area contributed by atoms with Crippen LogP contribution in [0.4, 0.5) is 0 Å². The van der Waals surface area contributed by atoms with E-state index in [1.165, 1.54) is 13.2 Å². The molecule has 0 saturated heterocycles. The molecule has 6 heteroatoms. The van der Waals surface area contributed by atoms with Crippen molar-refractivity contribution in [3.8, 4) is 0 Å². The Balaban J connectivity index is 2.18. The predicted octanol–water partition coefficient (Wildman–Crippen LogP) is 0.968. The lowest BCUT2D eigenvalue weighted by Crippen LogP contribution is -2.44. The first kappa shape index (κ1) is 14.7. The maximum atomic E-state index is 11.5. The van der Waals surface area contributed by atoms with Gasteiger partial charge in [0.05, 0.1) is 25.7 Å². The lowest BCUT2D eigenvalue weighted by molar-refractivity contribution is -0.155. The number of allylic oxidation sites excluding steroid dienone is 1. The van der Waals surface area contributed by atoms with Gasteiger partial charge in [-0.1, -0.05) is 6.08 Å². The van der Waals surface area contributed by atoms with Crippen LogP contribution in [0.5, 0.6) is 0 Å². The Hall–Kier alpha value is -1.66. The number of ether oxygens (including phenoxy) is 4. The summed E-state index contributed by atoms with van der Waals surface area (Å²) in [5.74, 6) is -0.518. The smallest absolute Gasteiger partial charge is 0.335 e. The van der Waals surface area contributed by atoms with E-state index >= 15 is 0 Å². The SMILES string of the molecule is COCOCC1=CC[C@@H](C=O)[C@]2(C1)OC(=O)C=C2OC. The van der Waals surface area contributed by atoms with Crippen LogP contribution in [0.25, 0.3) is 0 Å². The second-order valence-corrected chi connectivity index (χ2v) is 4.80. The van der Waals surface area contributed by atoms with Crippen LogP contribution in [0, 0.1) is 5.92 Å². The summed E-state index contributed by atoms with van der Waals surface area (Å²) in [6, 6.07) is 0. The van der Waals surface area contributed by atoms with E-state index in [4.69, 9.17) is 18.9 Å². The average molecular weight is 282 g/mol. The maximum Gasteiger partial charge on any atom is 0.335 e. The lowest BCUT2D eigenvalue weighted by Gasteiger charge is -2.37. The average Bonchev–Trinajstić information content (AvgIpc) is 2.75. The molecule has 2 rings (SSSR count). The topological polar surface area (TPSA) is 71.1 Å². The Morgan fingerprint density at radius 3 is 2.95 bits per heavy atom. The van der Waals surface area contributed by atoms with Crippen molar-refractivity contribution in [3.63, 3.8) is 0 Å². The summed E-state index contributed by atoms with van der Waals surface area (Å²) in [6.07, 6.45) is 4.94. The highest BCUT2D eigenvalue weighted by atomic mass is 16.7. The van der Waals surface area contributed by atoms with Gasteiger partial charge in [0.15, 0.2) is 5.60 Å². The van der Waals surface area contributed by atoms with E-state index in [-0.39, 0.29) is 6.79 Å².